The van der Waals surface area contributed by atoms with Crippen LogP contribution in [0.15, 0.2) is 24.3 Å². The van der Waals surface area contributed by atoms with Gasteiger partial charge in [-0.25, -0.2) is 0 Å². The molecule has 1 unspecified atom stereocenters. The zero-order valence-electron chi connectivity index (χ0n) is 11.1. The number of ether oxygens (including phenoxy) is 2. The number of nitrogens with zero attached hydrogens (tertiary/aromatic N) is 1. The number of methoxy groups -OCH3 is 1. The number of hydrogen-bond acceptors (Lipinski definition) is 4. The number of benzene rings is 1. The minimum Gasteiger partial charge on any atom is -0.497 e. The Kier molecular flexibility index (Phi) is 4.22. The maximum Gasteiger partial charge on any atom is 0.118 e. The average molecular weight is 251 g/mol. The molecule has 1 N–H and O–H groups in total. The number of hydrogen-bond donors (Lipinski definition) is 1. The van der Waals surface area contributed by atoms with Crippen molar-refractivity contribution in [3.05, 3.63) is 29.8 Å². The summed E-state index contributed by atoms with van der Waals surface area (Å²) in [6.07, 6.45) is 0. The van der Waals surface area contributed by atoms with Crippen molar-refractivity contribution in [3.63, 3.8) is 0 Å². The molecule has 0 aliphatic carbocycles. The van der Waals surface area contributed by atoms with E-state index in [2.05, 4.69) is 17.0 Å². The van der Waals surface area contributed by atoms with Gasteiger partial charge in [-0.15, -0.1) is 0 Å². The van der Waals surface area contributed by atoms with E-state index in [-0.39, 0.29) is 0 Å². The Bertz CT molecular complexity index is 375. The van der Waals surface area contributed by atoms with Crippen molar-refractivity contribution >= 4 is 0 Å². The van der Waals surface area contributed by atoms with Gasteiger partial charge in [-0.05, 0) is 24.6 Å². The van der Waals surface area contributed by atoms with Crippen molar-refractivity contribution in [2.45, 2.75) is 19.1 Å². The Labute approximate surface area is 108 Å². The van der Waals surface area contributed by atoms with Crippen LogP contribution in [-0.2, 0) is 11.3 Å². The van der Waals surface area contributed by atoms with E-state index in [1.54, 1.807) is 7.11 Å². The predicted octanol–water partition coefficient (Wildman–Crippen LogP) is 1.28. The molecule has 0 saturated carbocycles. The zero-order chi connectivity index (χ0) is 13.0. The summed E-state index contributed by atoms with van der Waals surface area (Å²) >= 11 is 0. The van der Waals surface area contributed by atoms with E-state index in [1.807, 2.05) is 19.1 Å². The Morgan fingerprint density at radius 1 is 1.39 bits per heavy atom. The molecule has 1 aliphatic rings. The molecule has 1 fully saturated rings. The molecule has 0 spiro atoms. The molecular weight excluding hydrogens is 230 g/mol. The lowest BCUT2D eigenvalue weighted by atomic mass is 10.1. The molecule has 1 aromatic rings. The van der Waals surface area contributed by atoms with Crippen LogP contribution >= 0.6 is 0 Å². The monoisotopic (exact) mass is 251 g/mol. The molecule has 4 nitrogen and oxygen atoms in total. The van der Waals surface area contributed by atoms with Crippen molar-refractivity contribution in [2.24, 2.45) is 0 Å². The van der Waals surface area contributed by atoms with Gasteiger partial charge in [0.15, 0.2) is 0 Å². The van der Waals surface area contributed by atoms with Crippen molar-refractivity contribution in [3.8, 4) is 5.75 Å². The first-order chi connectivity index (χ1) is 8.59. The molecule has 1 aliphatic heterocycles. The molecule has 1 atom stereocenters. The third-order valence-corrected chi connectivity index (χ3v) is 3.09. The summed E-state index contributed by atoms with van der Waals surface area (Å²) in [4.78, 5) is 2.22. The van der Waals surface area contributed by atoms with Crippen molar-refractivity contribution in [2.75, 3.05) is 33.4 Å². The summed E-state index contributed by atoms with van der Waals surface area (Å²) in [6.45, 7) is 5.21. The lowest BCUT2D eigenvalue weighted by molar-refractivity contribution is -0.0225. The average Bonchev–Trinajstić information content (AvgIpc) is 2.51. The van der Waals surface area contributed by atoms with E-state index in [9.17, 15) is 5.11 Å². The van der Waals surface area contributed by atoms with Gasteiger partial charge in [0.2, 0.25) is 0 Å². The maximum absolute atomic E-state index is 10.1. The second-order valence-electron chi connectivity index (χ2n) is 5.11. The third-order valence-electron chi connectivity index (χ3n) is 3.09. The lowest BCUT2D eigenvalue weighted by Crippen LogP contribution is -2.41. The molecule has 18 heavy (non-hydrogen) atoms. The smallest absolute Gasteiger partial charge is 0.118 e. The Hall–Kier alpha value is -1.10. The number of aliphatic hydroxyl groups is 1. The molecule has 0 aromatic heterocycles. The first kappa shape index (κ1) is 13.3. The molecule has 0 amide bonds. The van der Waals surface area contributed by atoms with Crippen LogP contribution in [0.1, 0.15) is 12.5 Å². The van der Waals surface area contributed by atoms with Gasteiger partial charge in [0.05, 0.1) is 25.9 Å². The lowest BCUT2D eigenvalue weighted by Gasteiger charge is -2.27. The van der Waals surface area contributed by atoms with Gasteiger partial charge in [-0.2, -0.15) is 0 Å². The second-order valence-corrected chi connectivity index (χ2v) is 5.11. The van der Waals surface area contributed by atoms with E-state index in [0.29, 0.717) is 19.8 Å². The molecule has 1 heterocycles. The molecule has 0 bridgehead atoms. The summed E-state index contributed by atoms with van der Waals surface area (Å²) in [6, 6.07) is 8.03. The highest BCUT2D eigenvalue weighted by Crippen LogP contribution is 2.16. The highest BCUT2D eigenvalue weighted by Gasteiger charge is 2.27. The van der Waals surface area contributed by atoms with Crippen LogP contribution in [0.2, 0.25) is 0 Å². The Morgan fingerprint density at radius 2 is 2.11 bits per heavy atom. The van der Waals surface area contributed by atoms with E-state index in [0.717, 1.165) is 18.8 Å². The highest BCUT2D eigenvalue weighted by molar-refractivity contribution is 5.27. The van der Waals surface area contributed by atoms with E-state index >= 15 is 0 Å². The Balaban J connectivity index is 1.98. The predicted molar refractivity (Wildman–Crippen MR) is 69.7 cm³/mol. The van der Waals surface area contributed by atoms with E-state index in [4.69, 9.17) is 9.47 Å². The largest absolute Gasteiger partial charge is 0.497 e. The minimum atomic E-state index is -0.761. The van der Waals surface area contributed by atoms with Gasteiger partial charge in [-0.3, -0.25) is 4.90 Å². The summed E-state index contributed by atoms with van der Waals surface area (Å²) in [5.41, 5.74) is 0.455. The van der Waals surface area contributed by atoms with Crippen molar-refractivity contribution in [1.82, 2.24) is 4.90 Å². The summed E-state index contributed by atoms with van der Waals surface area (Å²) in [5, 5.41) is 10.1. The topological polar surface area (TPSA) is 41.9 Å². The third kappa shape index (κ3) is 3.70. The fraction of sp³-hybridized carbons (Fsp3) is 0.571. The number of β-amino-alcohol motifs (C(OH)–C–C–N with tert-alkyl or cyclic N) is 1. The molecule has 100 valence electrons. The minimum absolute atomic E-state index is 0.409. The molecule has 1 aromatic carbocycles. The van der Waals surface area contributed by atoms with Gasteiger partial charge in [0.1, 0.15) is 5.75 Å². The maximum atomic E-state index is 10.1. The van der Waals surface area contributed by atoms with Crippen LogP contribution in [0.5, 0.6) is 5.75 Å². The van der Waals surface area contributed by atoms with Gasteiger partial charge in [0, 0.05) is 19.6 Å². The standard InChI is InChI=1S/C14H21NO3/c1-14(16)10-15(7-8-18-11-14)9-12-3-5-13(17-2)6-4-12/h3-6,16H,7-11H2,1-2H3. The van der Waals surface area contributed by atoms with Gasteiger partial charge in [-0.1, -0.05) is 12.1 Å². The van der Waals surface area contributed by atoms with Crippen LogP contribution in [-0.4, -0.2) is 49.0 Å². The number of rotatable bonds is 3. The SMILES string of the molecule is COc1ccc(CN2CCOCC(C)(O)C2)cc1. The first-order valence-electron chi connectivity index (χ1n) is 6.24. The van der Waals surface area contributed by atoms with Crippen molar-refractivity contribution < 1.29 is 14.6 Å². The molecule has 1 saturated heterocycles. The molecule has 0 radical (unpaired) electrons. The van der Waals surface area contributed by atoms with Gasteiger partial charge < -0.3 is 14.6 Å². The normalized spacial score (nSPS) is 25.7. The zero-order valence-corrected chi connectivity index (χ0v) is 11.1. The van der Waals surface area contributed by atoms with Gasteiger partial charge in [0.25, 0.3) is 0 Å². The van der Waals surface area contributed by atoms with Crippen LogP contribution < -0.4 is 4.74 Å². The van der Waals surface area contributed by atoms with Crippen LogP contribution in [0.25, 0.3) is 0 Å². The van der Waals surface area contributed by atoms with Crippen LogP contribution in [0.3, 0.4) is 0 Å². The second kappa shape index (κ2) is 5.69. The molecule has 2 rings (SSSR count). The Morgan fingerprint density at radius 3 is 2.78 bits per heavy atom. The van der Waals surface area contributed by atoms with Gasteiger partial charge >= 0.3 is 0 Å². The highest BCUT2D eigenvalue weighted by atomic mass is 16.5. The quantitative estimate of drug-likeness (QED) is 0.878. The van der Waals surface area contributed by atoms with Crippen LogP contribution in [0, 0.1) is 0 Å². The summed E-state index contributed by atoms with van der Waals surface area (Å²) < 4.78 is 10.5. The summed E-state index contributed by atoms with van der Waals surface area (Å²) in [7, 11) is 1.67. The molecular formula is C14H21NO3. The fourth-order valence-corrected chi connectivity index (χ4v) is 2.22. The van der Waals surface area contributed by atoms with Crippen molar-refractivity contribution in [1.29, 1.82) is 0 Å². The first-order valence-corrected chi connectivity index (χ1v) is 6.24. The van der Waals surface area contributed by atoms with E-state index < -0.39 is 5.60 Å². The molecule has 4 heteroatoms. The fourth-order valence-electron chi connectivity index (χ4n) is 2.22. The van der Waals surface area contributed by atoms with Crippen LogP contribution in [0.4, 0.5) is 0 Å². The van der Waals surface area contributed by atoms with E-state index in [1.165, 1.54) is 5.56 Å². The summed E-state index contributed by atoms with van der Waals surface area (Å²) in [5.74, 6) is 0.866.